The first kappa shape index (κ1) is 18.8. The highest BCUT2D eigenvalue weighted by molar-refractivity contribution is 5.92. The Morgan fingerprint density at radius 3 is 2.44 bits per heavy atom. The Morgan fingerprint density at radius 1 is 1.11 bits per heavy atom. The van der Waals surface area contributed by atoms with Crippen LogP contribution in [0.15, 0.2) is 42.6 Å². The van der Waals surface area contributed by atoms with E-state index in [1.165, 1.54) is 0 Å². The smallest absolute Gasteiger partial charge is 0.338 e. The Labute approximate surface area is 158 Å². The summed E-state index contributed by atoms with van der Waals surface area (Å²) < 4.78 is 10.2. The number of hydrogen-bond donors (Lipinski definition) is 2. The highest BCUT2D eigenvalue weighted by Gasteiger charge is 2.21. The van der Waals surface area contributed by atoms with E-state index in [1.807, 2.05) is 6.07 Å². The van der Waals surface area contributed by atoms with Crippen LogP contribution >= 0.6 is 0 Å². The molecule has 1 fully saturated rings. The van der Waals surface area contributed by atoms with Crippen molar-refractivity contribution < 1.29 is 19.1 Å². The molecule has 1 aliphatic heterocycles. The van der Waals surface area contributed by atoms with Crippen LogP contribution in [0.2, 0.25) is 0 Å². The summed E-state index contributed by atoms with van der Waals surface area (Å²) in [4.78, 5) is 28.2. The maximum atomic E-state index is 12.2. The molecule has 0 saturated carbocycles. The Hall–Kier alpha value is -2.93. The summed E-state index contributed by atoms with van der Waals surface area (Å²) in [6.45, 7) is 3.38. The highest BCUT2D eigenvalue weighted by Crippen LogP contribution is 2.20. The van der Waals surface area contributed by atoms with Crippen LogP contribution in [0, 0.1) is 5.92 Å². The van der Waals surface area contributed by atoms with Crippen molar-refractivity contribution in [1.82, 2.24) is 4.98 Å². The van der Waals surface area contributed by atoms with E-state index in [2.05, 4.69) is 15.6 Å². The third-order valence-corrected chi connectivity index (χ3v) is 4.29. The second kappa shape index (κ2) is 9.14. The maximum absolute atomic E-state index is 12.2. The van der Waals surface area contributed by atoms with Gasteiger partial charge < -0.3 is 20.1 Å². The molecular formula is C20H23N3O4. The number of nitrogens with zero attached hydrogens (tertiary/aromatic N) is 1. The van der Waals surface area contributed by atoms with E-state index in [4.69, 9.17) is 9.47 Å². The zero-order chi connectivity index (χ0) is 19.1. The number of pyridine rings is 1. The van der Waals surface area contributed by atoms with Crippen molar-refractivity contribution in [2.24, 2.45) is 5.92 Å². The number of carbonyl (C=O) groups is 2. The fraction of sp³-hybridized carbons (Fsp3) is 0.350. The van der Waals surface area contributed by atoms with Crippen molar-refractivity contribution in [3.05, 3.63) is 48.2 Å². The van der Waals surface area contributed by atoms with Crippen molar-refractivity contribution in [2.45, 2.75) is 19.8 Å². The molecule has 0 atom stereocenters. The van der Waals surface area contributed by atoms with Gasteiger partial charge in [-0.05, 0) is 56.2 Å². The normalized spacial score (nSPS) is 14.4. The number of amides is 1. The van der Waals surface area contributed by atoms with Crippen molar-refractivity contribution in [2.75, 3.05) is 30.5 Å². The molecule has 7 nitrogen and oxygen atoms in total. The Morgan fingerprint density at radius 2 is 1.81 bits per heavy atom. The average Bonchev–Trinajstić information content (AvgIpc) is 2.71. The van der Waals surface area contributed by atoms with E-state index in [1.54, 1.807) is 43.5 Å². The summed E-state index contributed by atoms with van der Waals surface area (Å²) >= 11 is 0. The van der Waals surface area contributed by atoms with Gasteiger partial charge in [0.25, 0.3) is 0 Å². The minimum absolute atomic E-state index is 0.0129. The standard InChI is InChI=1S/C20H23N3O4/c1-2-27-20(25)15-3-5-16(6-4-15)22-17-7-8-18(21-13-17)23-19(24)14-9-11-26-12-10-14/h3-8,13-14,22H,2,9-12H2,1H3,(H,21,23,24). The van der Waals surface area contributed by atoms with Gasteiger partial charge in [0.2, 0.25) is 5.91 Å². The SMILES string of the molecule is CCOC(=O)c1ccc(Nc2ccc(NC(=O)C3CCOCC3)nc2)cc1. The van der Waals surface area contributed by atoms with Crippen LogP contribution in [0.4, 0.5) is 17.2 Å². The van der Waals surface area contributed by atoms with E-state index < -0.39 is 0 Å². The van der Waals surface area contributed by atoms with Gasteiger partial charge in [-0.3, -0.25) is 4.79 Å². The summed E-state index contributed by atoms with van der Waals surface area (Å²) in [6, 6.07) is 10.6. The summed E-state index contributed by atoms with van der Waals surface area (Å²) in [5, 5.41) is 6.05. The lowest BCUT2D eigenvalue weighted by atomic mass is 9.99. The van der Waals surface area contributed by atoms with Crippen LogP contribution < -0.4 is 10.6 Å². The first-order chi connectivity index (χ1) is 13.2. The van der Waals surface area contributed by atoms with E-state index >= 15 is 0 Å². The van der Waals surface area contributed by atoms with Crippen LogP contribution in [-0.2, 0) is 14.3 Å². The molecule has 0 unspecified atom stereocenters. The van der Waals surface area contributed by atoms with E-state index in [0.29, 0.717) is 31.2 Å². The topological polar surface area (TPSA) is 89.6 Å². The largest absolute Gasteiger partial charge is 0.462 e. The third kappa shape index (κ3) is 5.27. The van der Waals surface area contributed by atoms with Gasteiger partial charge in [-0.25, -0.2) is 9.78 Å². The van der Waals surface area contributed by atoms with Gasteiger partial charge in [-0.1, -0.05) is 0 Å². The molecule has 7 heteroatoms. The molecular weight excluding hydrogens is 346 g/mol. The molecule has 1 aromatic carbocycles. The number of nitrogens with one attached hydrogen (secondary N) is 2. The number of esters is 1. The van der Waals surface area contributed by atoms with Gasteiger partial charge >= 0.3 is 5.97 Å². The molecule has 2 N–H and O–H groups in total. The molecule has 27 heavy (non-hydrogen) atoms. The summed E-state index contributed by atoms with van der Waals surface area (Å²) in [5.74, 6) is 0.155. The lowest BCUT2D eigenvalue weighted by Crippen LogP contribution is -2.28. The molecule has 142 valence electrons. The average molecular weight is 369 g/mol. The van der Waals surface area contributed by atoms with Crippen molar-refractivity contribution in [3.8, 4) is 0 Å². The van der Waals surface area contributed by atoms with E-state index in [9.17, 15) is 9.59 Å². The second-order valence-electron chi connectivity index (χ2n) is 6.23. The van der Waals surface area contributed by atoms with Gasteiger partial charge in [0.1, 0.15) is 5.82 Å². The van der Waals surface area contributed by atoms with Gasteiger partial charge in [0.15, 0.2) is 0 Å². The number of ether oxygens (including phenoxy) is 2. The summed E-state index contributed by atoms with van der Waals surface area (Å²) in [5.41, 5.74) is 2.11. The first-order valence-electron chi connectivity index (χ1n) is 9.04. The highest BCUT2D eigenvalue weighted by atomic mass is 16.5. The number of carbonyl (C=O) groups excluding carboxylic acids is 2. The second-order valence-corrected chi connectivity index (χ2v) is 6.23. The maximum Gasteiger partial charge on any atom is 0.338 e. The van der Waals surface area contributed by atoms with Gasteiger partial charge in [0, 0.05) is 24.8 Å². The van der Waals surface area contributed by atoms with E-state index in [-0.39, 0.29) is 17.8 Å². The Balaban J connectivity index is 1.55. The minimum Gasteiger partial charge on any atom is -0.462 e. The van der Waals surface area contributed by atoms with Gasteiger partial charge in [-0.15, -0.1) is 0 Å². The predicted molar refractivity (Wildman–Crippen MR) is 102 cm³/mol. The molecule has 0 radical (unpaired) electrons. The molecule has 1 aliphatic rings. The zero-order valence-electron chi connectivity index (χ0n) is 15.2. The molecule has 0 bridgehead atoms. The van der Waals surface area contributed by atoms with Crippen LogP contribution in [0.25, 0.3) is 0 Å². The monoisotopic (exact) mass is 369 g/mol. The molecule has 2 heterocycles. The lowest BCUT2D eigenvalue weighted by molar-refractivity contribution is -0.122. The molecule has 1 saturated heterocycles. The molecule has 0 aliphatic carbocycles. The van der Waals surface area contributed by atoms with Crippen molar-refractivity contribution in [3.63, 3.8) is 0 Å². The Kier molecular flexibility index (Phi) is 6.38. The number of rotatable bonds is 6. The van der Waals surface area contributed by atoms with E-state index in [0.717, 1.165) is 24.2 Å². The fourth-order valence-corrected chi connectivity index (χ4v) is 2.80. The van der Waals surface area contributed by atoms with Crippen molar-refractivity contribution in [1.29, 1.82) is 0 Å². The summed E-state index contributed by atoms with van der Waals surface area (Å²) in [7, 11) is 0. The molecule has 3 rings (SSSR count). The van der Waals surface area contributed by atoms with Gasteiger partial charge in [0.05, 0.1) is 24.1 Å². The quantitative estimate of drug-likeness (QED) is 0.759. The minimum atomic E-state index is -0.338. The Bertz CT molecular complexity index is 769. The molecule has 1 aromatic heterocycles. The van der Waals surface area contributed by atoms with Crippen LogP contribution in [0.3, 0.4) is 0 Å². The lowest BCUT2D eigenvalue weighted by Gasteiger charge is -2.20. The van der Waals surface area contributed by atoms with Crippen molar-refractivity contribution >= 4 is 29.1 Å². The van der Waals surface area contributed by atoms with Crippen LogP contribution in [0.5, 0.6) is 0 Å². The number of benzene rings is 1. The number of aromatic nitrogens is 1. The third-order valence-electron chi connectivity index (χ3n) is 4.29. The number of anilines is 3. The zero-order valence-corrected chi connectivity index (χ0v) is 15.2. The van der Waals surface area contributed by atoms with Gasteiger partial charge in [-0.2, -0.15) is 0 Å². The molecule has 2 aromatic rings. The van der Waals surface area contributed by atoms with Crippen LogP contribution in [-0.4, -0.2) is 36.7 Å². The fourth-order valence-electron chi connectivity index (χ4n) is 2.80. The molecule has 0 spiro atoms. The summed E-state index contributed by atoms with van der Waals surface area (Å²) in [6.07, 6.45) is 3.14. The first-order valence-corrected chi connectivity index (χ1v) is 9.04. The van der Waals surface area contributed by atoms with Crippen LogP contribution in [0.1, 0.15) is 30.1 Å². The number of hydrogen-bond acceptors (Lipinski definition) is 6. The predicted octanol–water partition coefficient (Wildman–Crippen LogP) is 3.37. The molecule has 1 amide bonds.